The van der Waals surface area contributed by atoms with Crippen molar-refractivity contribution in [1.82, 2.24) is 4.98 Å². The number of benzene rings is 2. The summed E-state index contributed by atoms with van der Waals surface area (Å²) in [5, 5.41) is 15.5. The molecule has 4 rings (SSSR count). The van der Waals surface area contributed by atoms with E-state index in [1.165, 1.54) is 11.3 Å². The Labute approximate surface area is 156 Å². The molecular formula is C21H20N2O2S. The second-order valence-corrected chi connectivity index (χ2v) is 7.93. The van der Waals surface area contributed by atoms with Crippen LogP contribution in [0.2, 0.25) is 0 Å². The molecule has 1 aromatic heterocycles. The Hall–Kier alpha value is -2.66. The molecule has 5 heteroatoms. The van der Waals surface area contributed by atoms with Crippen molar-refractivity contribution in [2.24, 2.45) is 5.41 Å². The summed E-state index contributed by atoms with van der Waals surface area (Å²) in [5.41, 5.74) is 3.44. The van der Waals surface area contributed by atoms with E-state index >= 15 is 0 Å². The molecule has 1 aliphatic carbocycles. The summed E-state index contributed by atoms with van der Waals surface area (Å²) in [4.78, 5) is 17.6. The summed E-state index contributed by atoms with van der Waals surface area (Å²) in [5.74, 6) is 0.0631. The van der Waals surface area contributed by atoms with E-state index in [2.05, 4.69) is 10.3 Å². The monoisotopic (exact) mass is 364 g/mol. The quantitative estimate of drug-likeness (QED) is 0.720. The third-order valence-electron chi connectivity index (χ3n) is 5.13. The third kappa shape index (κ3) is 2.78. The van der Waals surface area contributed by atoms with Crippen LogP contribution >= 0.6 is 11.3 Å². The molecular weight excluding hydrogens is 344 g/mol. The molecule has 0 bridgehead atoms. The summed E-state index contributed by atoms with van der Waals surface area (Å²) in [6.07, 6.45) is 0.623. The van der Waals surface area contributed by atoms with Gasteiger partial charge in [0.15, 0.2) is 5.13 Å². The van der Waals surface area contributed by atoms with Crippen LogP contribution < -0.4 is 5.32 Å². The van der Waals surface area contributed by atoms with Gasteiger partial charge in [0.05, 0.1) is 11.1 Å². The number of rotatable bonds is 3. The number of phenolic OH excluding ortho intramolecular Hbond substituents is 1. The fourth-order valence-corrected chi connectivity index (χ4v) is 4.59. The molecule has 132 valence electrons. The smallest absolute Gasteiger partial charge is 0.233 e. The Morgan fingerprint density at radius 3 is 2.73 bits per heavy atom. The third-order valence-corrected chi connectivity index (χ3v) is 6.00. The minimum atomic E-state index is -0.656. The number of nitrogens with one attached hydrogen (secondary N) is 1. The molecule has 1 heterocycles. The fourth-order valence-electron chi connectivity index (χ4n) is 3.91. The highest BCUT2D eigenvalue weighted by Gasteiger charge is 2.49. The van der Waals surface area contributed by atoms with Gasteiger partial charge in [0.2, 0.25) is 5.91 Å². The Balaban J connectivity index is 1.77. The molecule has 2 aromatic carbocycles. The Morgan fingerprint density at radius 1 is 1.27 bits per heavy atom. The molecule has 26 heavy (non-hydrogen) atoms. The summed E-state index contributed by atoms with van der Waals surface area (Å²) in [6, 6.07) is 15.4. The van der Waals surface area contributed by atoms with Crippen LogP contribution in [0.1, 0.15) is 35.2 Å². The van der Waals surface area contributed by atoms with E-state index in [1.807, 2.05) is 55.6 Å². The van der Waals surface area contributed by atoms with Crippen molar-refractivity contribution >= 4 is 22.4 Å². The number of phenols is 1. The summed E-state index contributed by atoms with van der Waals surface area (Å²) >= 11 is 1.44. The average Bonchev–Trinajstić information content (AvgIpc) is 3.16. The van der Waals surface area contributed by atoms with Gasteiger partial charge in [0.25, 0.3) is 0 Å². The van der Waals surface area contributed by atoms with Gasteiger partial charge in [-0.25, -0.2) is 4.98 Å². The van der Waals surface area contributed by atoms with E-state index in [9.17, 15) is 9.90 Å². The zero-order valence-corrected chi connectivity index (χ0v) is 15.5. The number of carbonyl (C=O) groups is 1. The second-order valence-electron chi connectivity index (χ2n) is 7.07. The average molecular weight is 364 g/mol. The SMILES string of the molecule is Cc1csc(NC(=O)C2(C)Cc3ccc(O)cc3C2c2ccccc2)n1. The van der Waals surface area contributed by atoms with Crippen molar-refractivity contribution in [3.63, 3.8) is 0 Å². The molecule has 4 nitrogen and oxygen atoms in total. The highest BCUT2D eigenvalue weighted by Crippen LogP contribution is 2.52. The molecule has 0 saturated carbocycles. The maximum atomic E-state index is 13.3. The van der Waals surface area contributed by atoms with Crippen molar-refractivity contribution in [1.29, 1.82) is 0 Å². The summed E-state index contributed by atoms with van der Waals surface area (Å²) in [6.45, 7) is 3.91. The van der Waals surface area contributed by atoms with Gasteiger partial charge in [0, 0.05) is 11.3 Å². The molecule has 1 amide bonds. The molecule has 1 aliphatic rings. The molecule has 0 spiro atoms. The number of carbonyl (C=O) groups excluding carboxylic acids is 1. The Bertz CT molecular complexity index is 967. The van der Waals surface area contributed by atoms with E-state index < -0.39 is 5.41 Å². The lowest BCUT2D eigenvalue weighted by molar-refractivity contribution is -0.125. The van der Waals surface area contributed by atoms with Gasteiger partial charge < -0.3 is 10.4 Å². The van der Waals surface area contributed by atoms with Crippen molar-refractivity contribution < 1.29 is 9.90 Å². The summed E-state index contributed by atoms with van der Waals surface area (Å²) in [7, 11) is 0. The highest BCUT2D eigenvalue weighted by atomic mass is 32.1. The van der Waals surface area contributed by atoms with Gasteiger partial charge in [-0.15, -0.1) is 11.3 Å². The molecule has 0 aliphatic heterocycles. The number of aromatic hydroxyl groups is 1. The summed E-state index contributed by atoms with van der Waals surface area (Å²) < 4.78 is 0. The van der Waals surface area contributed by atoms with Crippen LogP contribution in [0.4, 0.5) is 5.13 Å². The van der Waals surface area contributed by atoms with Gasteiger partial charge in [-0.2, -0.15) is 0 Å². The lowest BCUT2D eigenvalue weighted by atomic mass is 9.73. The molecule has 2 N–H and O–H groups in total. The first-order chi connectivity index (χ1) is 12.5. The van der Waals surface area contributed by atoms with E-state index in [0.717, 1.165) is 22.4 Å². The number of fused-ring (bicyclic) bond motifs is 1. The first-order valence-corrected chi connectivity index (χ1v) is 9.45. The van der Waals surface area contributed by atoms with Crippen LogP contribution in [0, 0.1) is 12.3 Å². The van der Waals surface area contributed by atoms with E-state index in [4.69, 9.17) is 0 Å². The minimum Gasteiger partial charge on any atom is -0.508 e. The highest BCUT2D eigenvalue weighted by molar-refractivity contribution is 7.13. The van der Waals surface area contributed by atoms with E-state index in [-0.39, 0.29) is 17.6 Å². The van der Waals surface area contributed by atoms with E-state index in [1.54, 1.807) is 12.1 Å². The van der Waals surface area contributed by atoms with Gasteiger partial charge in [-0.1, -0.05) is 36.4 Å². The number of hydrogen-bond donors (Lipinski definition) is 2. The molecule has 0 fully saturated rings. The van der Waals surface area contributed by atoms with Crippen LogP contribution in [0.25, 0.3) is 0 Å². The second kappa shape index (κ2) is 6.25. The Morgan fingerprint density at radius 2 is 2.04 bits per heavy atom. The van der Waals surface area contributed by atoms with E-state index in [0.29, 0.717) is 11.6 Å². The standard InChI is InChI=1S/C21H20N2O2S/c1-13-12-26-20(22-13)23-19(25)21(2)11-15-8-9-16(24)10-17(15)18(21)14-6-4-3-5-7-14/h3-10,12,18,24H,11H2,1-2H3,(H,22,23,25). The lowest BCUT2D eigenvalue weighted by Crippen LogP contribution is -2.37. The van der Waals surface area contributed by atoms with Crippen LogP contribution in [0.15, 0.2) is 53.9 Å². The lowest BCUT2D eigenvalue weighted by Gasteiger charge is -2.30. The zero-order chi connectivity index (χ0) is 18.3. The number of hydrogen-bond acceptors (Lipinski definition) is 4. The maximum absolute atomic E-state index is 13.3. The fraction of sp³-hybridized carbons (Fsp3) is 0.238. The van der Waals surface area contributed by atoms with Gasteiger partial charge in [-0.3, -0.25) is 4.79 Å². The number of aryl methyl sites for hydroxylation is 1. The normalized spacial score (nSPS) is 21.4. The molecule has 0 radical (unpaired) electrons. The molecule has 3 aromatic rings. The van der Waals surface area contributed by atoms with Gasteiger partial charge in [-0.05, 0) is 49.1 Å². The predicted octanol–water partition coefficient (Wildman–Crippen LogP) is 4.49. The van der Waals surface area contributed by atoms with Crippen LogP contribution in [-0.4, -0.2) is 16.0 Å². The number of aromatic nitrogens is 1. The number of thiazole rings is 1. The maximum Gasteiger partial charge on any atom is 0.233 e. The van der Waals surface area contributed by atoms with Gasteiger partial charge >= 0.3 is 0 Å². The number of amides is 1. The molecule has 2 atom stereocenters. The van der Waals surface area contributed by atoms with Crippen LogP contribution in [-0.2, 0) is 11.2 Å². The molecule has 2 unspecified atom stereocenters. The largest absolute Gasteiger partial charge is 0.508 e. The van der Waals surface area contributed by atoms with Crippen LogP contribution in [0.5, 0.6) is 5.75 Å². The Kier molecular flexibility index (Phi) is 4.04. The number of nitrogens with zero attached hydrogens (tertiary/aromatic N) is 1. The van der Waals surface area contributed by atoms with Crippen molar-refractivity contribution in [2.45, 2.75) is 26.2 Å². The van der Waals surface area contributed by atoms with Gasteiger partial charge in [0.1, 0.15) is 5.75 Å². The van der Waals surface area contributed by atoms with Crippen molar-refractivity contribution in [2.75, 3.05) is 5.32 Å². The topological polar surface area (TPSA) is 62.2 Å². The first-order valence-electron chi connectivity index (χ1n) is 8.58. The van der Waals surface area contributed by atoms with Crippen molar-refractivity contribution in [3.8, 4) is 5.75 Å². The van der Waals surface area contributed by atoms with Crippen LogP contribution in [0.3, 0.4) is 0 Å². The first kappa shape index (κ1) is 16.8. The minimum absolute atomic E-state index is 0.0450. The van der Waals surface area contributed by atoms with Crippen molar-refractivity contribution in [3.05, 3.63) is 76.3 Å². The number of anilines is 1. The zero-order valence-electron chi connectivity index (χ0n) is 14.7. The predicted molar refractivity (Wildman–Crippen MR) is 104 cm³/mol. The molecule has 0 saturated heterocycles.